The van der Waals surface area contributed by atoms with E-state index in [0.717, 1.165) is 5.56 Å². The topological polar surface area (TPSA) is 71.4 Å². The van der Waals surface area contributed by atoms with Gasteiger partial charge in [-0.15, -0.1) is 4.40 Å². The zero-order chi connectivity index (χ0) is 17.7. The molecule has 2 aromatic carbocycles. The molecule has 5 nitrogen and oxygen atoms in total. The smallest absolute Gasteiger partial charge is 0.284 e. The normalized spacial score (nSPS) is 12.0. The third-order valence-electron chi connectivity index (χ3n) is 3.49. The second kappa shape index (κ2) is 7.27. The van der Waals surface area contributed by atoms with Crippen LogP contribution in [0, 0.1) is 6.92 Å². The van der Waals surface area contributed by atoms with Gasteiger partial charge in [0.2, 0.25) is 0 Å². The van der Waals surface area contributed by atoms with Crippen molar-refractivity contribution in [1.29, 1.82) is 0 Å². The fourth-order valence-corrected chi connectivity index (χ4v) is 3.16. The molecule has 0 unspecified atom stereocenters. The minimum atomic E-state index is -3.85. The Bertz CT molecular complexity index is 968. The minimum Gasteiger partial charge on any atom is -0.324 e. The van der Waals surface area contributed by atoms with Crippen LogP contribution in [0.2, 0.25) is 0 Å². The summed E-state index contributed by atoms with van der Waals surface area (Å²) in [5.74, 6) is 0.740. The molecule has 25 heavy (non-hydrogen) atoms. The monoisotopic (exact) mass is 351 g/mol. The first kappa shape index (κ1) is 16.9. The summed E-state index contributed by atoms with van der Waals surface area (Å²) in [5.41, 5.74) is 1.64. The third kappa shape index (κ3) is 4.30. The molecule has 126 valence electrons. The highest BCUT2D eigenvalue weighted by atomic mass is 32.2. The highest BCUT2D eigenvalue weighted by molar-refractivity contribution is 7.90. The number of nitrogens with one attached hydrogen (secondary N) is 1. The van der Waals surface area contributed by atoms with Crippen LogP contribution >= 0.6 is 0 Å². The number of hydrogen-bond acceptors (Lipinski definition) is 3. The van der Waals surface area contributed by atoms with Crippen molar-refractivity contribution in [3.05, 3.63) is 90.1 Å². The molecule has 1 aromatic heterocycles. The number of pyridine rings is 1. The van der Waals surface area contributed by atoms with E-state index in [0.29, 0.717) is 11.4 Å². The predicted molar refractivity (Wildman–Crippen MR) is 99.2 cm³/mol. The predicted octanol–water partition coefficient (Wildman–Crippen LogP) is 3.64. The highest BCUT2D eigenvalue weighted by Crippen LogP contribution is 2.16. The molecule has 1 N–H and O–H groups in total. The summed E-state index contributed by atoms with van der Waals surface area (Å²) in [6.07, 6.45) is 1.62. The van der Waals surface area contributed by atoms with E-state index in [4.69, 9.17) is 0 Å². The van der Waals surface area contributed by atoms with Gasteiger partial charge < -0.3 is 5.32 Å². The first-order valence-electron chi connectivity index (χ1n) is 7.70. The molecule has 1 heterocycles. The minimum absolute atomic E-state index is 0.148. The van der Waals surface area contributed by atoms with Crippen molar-refractivity contribution < 1.29 is 8.42 Å². The molecule has 0 amide bonds. The second-order valence-corrected chi connectivity index (χ2v) is 7.04. The molecule has 0 atom stereocenters. The number of hydrogen-bond donors (Lipinski definition) is 1. The zero-order valence-electron chi connectivity index (χ0n) is 13.6. The Kier molecular flexibility index (Phi) is 4.90. The van der Waals surface area contributed by atoms with E-state index in [2.05, 4.69) is 14.7 Å². The molecular weight excluding hydrogens is 334 g/mol. The number of benzene rings is 2. The third-order valence-corrected chi connectivity index (χ3v) is 4.78. The Balaban J connectivity index is 2.04. The summed E-state index contributed by atoms with van der Waals surface area (Å²) in [4.78, 5) is 4.32. The maximum atomic E-state index is 12.7. The largest absolute Gasteiger partial charge is 0.324 e. The second-order valence-electron chi connectivity index (χ2n) is 5.43. The lowest BCUT2D eigenvalue weighted by Gasteiger charge is -2.10. The number of anilines is 1. The van der Waals surface area contributed by atoms with Gasteiger partial charge in [0, 0.05) is 11.8 Å². The van der Waals surface area contributed by atoms with Crippen LogP contribution in [0.25, 0.3) is 0 Å². The van der Waals surface area contributed by atoms with E-state index in [9.17, 15) is 8.42 Å². The Hall–Kier alpha value is -2.99. The van der Waals surface area contributed by atoms with Gasteiger partial charge >= 0.3 is 0 Å². The van der Waals surface area contributed by atoms with E-state index < -0.39 is 10.0 Å². The molecule has 0 fully saturated rings. The van der Waals surface area contributed by atoms with Crippen LogP contribution in [0.1, 0.15) is 11.1 Å². The van der Waals surface area contributed by atoms with Gasteiger partial charge in [-0.3, -0.25) is 0 Å². The van der Waals surface area contributed by atoms with E-state index in [1.165, 1.54) is 0 Å². The summed E-state index contributed by atoms with van der Waals surface area (Å²) >= 11 is 0. The zero-order valence-corrected chi connectivity index (χ0v) is 14.4. The molecule has 0 spiro atoms. The molecular formula is C19H17N3O2S. The molecule has 0 aliphatic carbocycles. The summed E-state index contributed by atoms with van der Waals surface area (Å²) in [6.45, 7) is 1.90. The van der Waals surface area contributed by atoms with Crippen LogP contribution in [0.5, 0.6) is 0 Å². The van der Waals surface area contributed by atoms with E-state index in [1.54, 1.807) is 54.7 Å². The summed E-state index contributed by atoms with van der Waals surface area (Å²) in [5, 5.41) is 2.99. The van der Waals surface area contributed by atoms with Crippen LogP contribution in [-0.2, 0) is 10.0 Å². The van der Waals surface area contributed by atoms with Gasteiger partial charge in [0.15, 0.2) is 5.84 Å². The molecule has 3 aromatic rings. The standard InChI is InChI=1S/C19H17N3O2S/c1-15-10-12-17(13-11-15)25(23,24)22-19(16-7-3-2-4-8-16)21-18-9-5-6-14-20-18/h2-14H,1H3,(H,20,21,22). The van der Waals surface area contributed by atoms with E-state index in [1.807, 2.05) is 31.2 Å². The first-order chi connectivity index (χ1) is 12.0. The number of aryl methyl sites for hydroxylation is 1. The van der Waals surface area contributed by atoms with Gasteiger partial charge in [-0.2, -0.15) is 8.42 Å². The Labute approximate surface area is 147 Å². The van der Waals surface area contributed by atoms with Gasteiger partial charge in [0.25, 0.3) is 10.0 Å². The van der Waals surface area contributed by atoms with Crippen molar-refractivity contribution in [1.82, 2.24) is 4.98 Å². The Morgan fingerprint density at radius 3 is 2.24 bits per heavy atom. The van der Waals surface area contributed by atoms with Gasteiger partial charge in [-0.05, 0) is 31.2 Å². The van der Waals surface area contributed by atoms with Gasteiger partial charge in [-0.1, -0.05) is 54.1 Å². The average molecular weight is 351 g/mol. The number of rotatable bonds is 4. The van der Waals surface area contributed by atoms with Crippen LogP contribution < -0.4 is 5.32 Å². The average Bonchev–Trinajstić information content (AvgIpc) is 2.63. The van der Waals surface area contributed by atoms with Crippen molar-refractivity contribution in [2.45, 2.75) is 11.8 Å². The van der Waals surface area contributed by atoms with Gasteiger partial charge in [0.05, 0.1) is 4.90 Å². The van der Waals surface area contributed by atoms with Crippen molar-refractivity contribution in [2.75, 3.05) is 5.32 Å². The lowest BCUT2D eigenvalue weighted by molar-refractivity contribution is 0.598. The number of nitrogens with zero attached hydrogens (tertiary/aromatic N) is 2. The Morgan fingerprint density at radius 1 is 0.920 bits per heavy atom. The Morgan fingerprint density at radius 2 is 1.60 bits per heavy atom. The fraction of sp³-hybridized carbons (Fsp3) is 0.0526. The number of aromatic nitrogens is 1. The molecule has 0 aliphatic heterocycles. The van der Waals surface area contributed by atoms with Gasteiger partial charge in [-0.25, -0.2) is 4.98 Å². The number of amidine groups is 1. The SMILES string of the molecule is Cc1ccc(S(=O)(=O)/N=C(/Nc2ccccn2)c2ccccc2)cc1. The molecule has 0 saturated heterocycles. The maximum Gasteiger partial charge on any atom is 0.284 e. The van der Waals surface area contributed by atoms with Crippen LogP contribution in [-0.4, -0.2) is 19.2 Å². The van der Waals surface area contributed by atoms with Crippen LogP contribution in [0.4, 0.5) is 5.82 Å². The molecule has 0 radical (unpaired) electrons. The summed E-state index contributed by atoms with van der Waals surface area (Å²) < 4.78 is 29.4. The maximum absolute atomic E-state index is 12.7. The molecule has 6 heteroatoms. The molecule has 0 bridgehead atoms. The molecule has 0 aliphatic rings. The quantitative estimate of drug-likeness (QED) is 0.575. The van der Waals surface area contributed by atoms with Crippen molar-refractivity contribution >= 4 is 21.7 Å². The highest BCUT2D eigenvalue weighted by Gasteiger charge is 2.16. The summed E-state index contributed by atoms with van der Waals surface area (Å²) in [7, 11) is -3.85. The molecule has 0 saturated carbocycles. The van der Waals surface area contributed by atoms with Crippen molar-refractivity contribution in [2.24, 2.45) is 4.40 Å². The first-order valence-corrected chi connectivity index (χ1v) is 9.14. The summed E-state index contributed by atoms with van der Waals surface area (Å²) in [6, 6.07) is 21.0. The van der Waals surface area contributed by atoms with E-state index in [-0.39, 0.29) is 10.7 Å². The van der Waals surface area contributed by atoms with Crippen LogP contribution in [0.15, 0.2) is 88.3 Å². The van der Waals surface area contributed by atoms with Crippen molar-refractivity contribution in [3.63, 3.8) is 0 Å². The van der Waals surface area contributed by atoms with Crippen LogP contribution in [0.3, 0.4) is 0 Å². The van der Waals surface area contributed by atoms with Crippen molar-refractivity contribution in [3.8, 4) is 0 Å². The van der Waals surface area contributed by atoms with E-state index >= 15 is 0 Å². The molecule has 3 rings (SSSR count). The lowest BCUT2D eigenvalue weighted by atomic mass is 10.2. The van der Waals surface area contributed by atoms with Gasteiger partial charge in [0.1, 0.15) is 5.82 Å². The fourth-order valence-electron chi connectivity index (χ4n) is 2.18. The number of sulfonamides is 1. The lowest BCUT2D eigenvalue weighted by Crippen LogP contribution is -2.17.